The highest BCUT2D eigenvalue weighted by molar-refractivity contribution is 5.53. The largest absolute Gasteiger partial charge is 0.417 e. The predicted molar refractivity (Wildman–Crippen MR) is 66.8 cm³/mol. The molecule has 1 unspecified atom stereocenters. The van der Waals surface area contributed by atoms with Crippen molar-refractivity contribution >= 4 is 5.69 Å². The first-order chi connectivity index (χ1) is 9.41. The molecular weight excluding hydrogens is 269 g/mol. The molecule has 1 aromatic heterocycles. The molecule has 4 nitrogen and oxygen atoms in total. The van der Waals surface area contributed by atoms with Crippen LogP contribution in [0.4, 0.5) is 18.9 Å². The van der Waals surface area contributed by atoms with E-state index in [9.17, 15) is 13.2 Å². The van der Waals surface area contributed by atoms with Gasteiger partial charge in [-0.25, -0.2) is 0 Å². The third kappa shape index (κ3) is 2.91. The molecule has 0 fully saturated rings. The summed E-state index contributed by atoms with van der Waals surface area (Å²) in [5.41, 5.74) is -0.291. The number of hydrogen-bond donors (Lipinski definition) is 2. The number of aromatic nitrogens is 2. The normalized spacial score (nSPS) is 12.8. The van der Waals surface area contributed by atoms with E-state index in [0.717, 1.165) is 17.8 Å². The van der Waals surface area contributed by atoms with Crippen LogP contribution in [0.15, 0.2) is 30.5 Å². The van der Waals surface area contributed by atoms with Crippen molar-refractivity contribution in [3.05, 3.63) is 47.3 Å². The summed E-state index contributed by atoms with van der Waals surface area (Å²) >= 11 is 0. The van der Waals surface area contributed by atoms with E-state index in [-0.39, 0.29) is 6.04 Å². The van der Waals surface area contributed by atoms with Gasteiger partial charge in [-0.1, -0.05) is 0 Å². The summed E-state index contributed by atoms with van der Waals surface area (Å²) in [5, 5.41) is 18.2. The molecule has 7 heteroatoms. The number of hydrogen-bond acceptors (Lipinski definition) is 3. The van der Waals surface area contributed by atoms with Crippen molar-refractivity contribution in [2.75, 3.05) is 5.32 Å². The fraction of sp³-hybridized carbons (Fsp3) is 0.231. The van der Waals surface area contributed by atoms with Crippen molar-refractivity contribution < 1.29 is 13.2 Å². The molecule has 0 spiro atoms. The number of nitrogens with one attached hydrogen (secondary N) is 2. The highest BCUT2D eigenvalue weighted by Gasteiger charge is 2.33. The van der Waals surface area contributed by atoms with Crippen LogP contribution in [0.25, 0.3) is 0 Å². The van der Waals surface area contributed by atoms with Crippen molar-refractivity contribution in [2.45, 2.75) is 19.1 Å². The van der Waals surface area contributed by atoms with Gasteiger partial charge >= 0.3 is 6.18 Å². The quantitative estimate of drug-likeness (QED) is 0.904. The third-order valence-corrected chi connectivity index (χ3v) is 2.82. The van der Waals surface area contributed by atoms with Crippen LogP contribution in [0.1, 0.15) is 29.8 Å². The van der Waals surface area contributed by atoms with Gasteiger partial charge in [0.25, 0.3) is 0 Å². The zero-order valence-corrected chi connectivity index (χ0v) is 10.5. The first-order valence-electron chi connectivity index (χ1n) is 5.79. The van der Waals surface area contributed by atoms with Gasteiger partial charge in [-0.15, -0.1) is 0 Å². The van der Waals surface area contributed by atoms with Gasteiger partial charge < -0.3 is 5.32 Å². The van der Waals surface area contributed by atoms with Crippen molar-refractivity contribution in [3.8, 4) is 6.07 Å². The fourth-order valence-corrected chi connectivity index (χ4v) is 1.80. The minimum Gasteiger partial charge on any atom is -0.377 e. The van der Waals surface area contributed by atoms with E-state index < -0.39 is 17.3 Å². The molecule has 0 aliphatic carbocycles. The van der Waals surface area contributed by atoms with Crippen molar-refractivity contribution in [1.29, 1.82) is 5.26 Å². The first kappa shape index (κ1) is 13.9. The van der Waals surface area contributed by atoms with Gasteiger partial charge in [0.05, 0.1) is 28.9 Å². The van der Waals surface area contributed by atoms with E-state index in [1.54, 1.807) is 25.3 Å². The fourth-order valence-electron chi connectivity index (χ4n) is 1.80. The second kappa shape index (κ2) is 5.25. The Morgan fingerprint density at radius 3 is 2.65 bits per heavy atom. The minimum absolute atomic E-state index is 0.230. The SMILES string of the molecule is CC(Nc1ccc(C#N)c(C(F)(F)F)c1)c1ccn[nH]1. The van der Waals surface area contributed by atoms with E-state index in [0.29, 0.717) is 5.69 Å². The topological polar surface area (TPSA) is 64.5 Å². The molecular formula is C13H11F3N4. The maximum atomic E-state index is 12.8. The lowest BCUT2D eigenvalue weighted by Gasteiger charge is -2.16. The van der Waals surface area contributed by atoms with Gasteiger partial charge in [-0.05, 0) is 31.2 Å². The molecule has 0 bridgehead atoms. The zero-order valence-electron chi connectivity index (χ0n) is 10.5. The van der Waals surface area contributed by atoms with Crippen LogP contribution >= 0.6 is 0 Å². The summed E-state index contributed by atoms with van der Waals surface area (Å²) in [6.45, 7) is 1.79. The summed E-state index contributed by atoms with van der Waals surface area (Å²) in [6.07, 6.45) is -2.99. The molecule has 0 aliphatic rings. The van der Waals surface area contributed by atoms with Gasteiger partial charge in [0.2, 0.25) is 0 Å². The number of H-pyrrole nitrogens is 1. The predicted octanol–water partition coefficient (Wildman–Crippen LogP) is 3.47. The summed E-state index contributed by atoms with van der Waals surface area (Å²) in [4.78, 5) is 0. The molecule has 0 saturated carbocycles. The lowest BCUT2D eigenvalue weighted by atomic mass is 10.1. The van der Waals surface area contributed by atoms with Gasteiger partial charge in [-0.2, -0.15) is 23.5 Å². The number of benzene rings is 1. The van der Waals surface area contributed by atoms with E-state index in [1.807, 2.05) is 0 Å². The van der Waals surface area contributed by atoms with Gasteiger partial charge in [0, 0.05) is 11.9 Å². The second-order valence-corrected chi connectivity index (χ2v) is 4.25. The highest BCUT2D eigenvalue weighted by atomic mass is 19.4. The van der Waals surface area contributed by atoms with Crippen LogP contribution in [0.5, 0.6) is 0 Å². The van der Waals surface area contributed by atoms with E-state index in [4.69, 9.17) is 5.26 Å². The van der Waals surface area contributed by atoms with Gasteiger partial charge in [-0.3, -0.25) is 5.10 Å². The standard InChI is InChI=1S/C13H11F3N4/c1-8(12-4-5-18-20-12)19-10-3-2-9(7-17)11(6-10)13(14,15)16/h2-6,8,19H,1H3,(H,18,20). The lowest BCUT2D eigenvalue weighted by Crippen LogP contribution is -2.11. The Hall–Kier alpha value is -2.49. The molecule has 2 rings (SSSR count). The minimum atomic E-state index is -4.56. The van der Waals surface area contributed by atoms with E-state index >= 15 is 0 Å². The molecule has 2 aromatic rings. The van der Waals surface area contributed by atoms with Crippen molar-refractivity contribution in [3.63, 3.8) is 0 Å². The van der Waals surface area contributed by atoms with Crippen LogP contribution in [0, 0.1) is 11.3 Å². The number of rotatable bonds is 3. The molecule has 104 valence electrons. The summed E-state index contributed by atoms with van der Waals surface area (Å²) in [6, 6.07) is 6.58. The lowest BCUT2D eigenvalue weighted by molar-refractivity contribution is -0.137. The molecule has 1 atom stereocenters. The van der Waals surface area contributed by atoms with E-state index in [2.05, 4.69) is 15.5 Å². The number of halogens is 3. The Labute approximate surface area is 113 Å². The smallest absolute Gasteiger partial charge is 0.377 e. The zero-order chi connectivity index (χ0) is 14.8. The second-order valence-electron chi connectivity index (χ2n) is 4.25. The third-order valence-electron chi connectivity index (χ3n) is 2.82. The number of anilines is 1. The molecule has 0 saturated heterocycles. The van der Waals surface area contributed by atoms with E-state index in [1.165, 1.54) is 6.07 Å². The van der Waals surface area contributed by atoms with Crippen LogP contribution in [-0.4, -0.2) is 10.2 Å². The molecule has 0 radical (unpaired) electrons. The first-order valence-corrected chi connectivity index (χ1v) is 5.79. The molecule has 1 aromatic carbocycles. The number of alkyl halides is 3. The maximum absolute atomic E-state index is 12.8. The average molecular weight is 280 g/mol. The number of aromatic amines is 1. The van der Waals surface area contributed by atoms with Gasteiger partial charge in [0.1, 0.15) is 0 Å². The molecule has 1 heterocycles. The summed E-state index contributed by atoms with van der Waals surface area (Å²) in [5.74, 6) is 0. The number of nitrogens with zero attached hydrogens (tertiary/aromatic N) is 2. The Bertz CT molecular complexity index is 626. The highest BCUT2D eigenvalue weighted by Crippen LogP contribution is 2.34. The Balaban J connectivity index is 2.28. The van der Waals surface area contributed by atoms with Crippen LogP contribution in [-0.2, 0) is 6.18 Å². The van der Waals surface area contributed by atoms with Crippen LogP contribution in [0.3, 0.4) is 0 Å². The van der Waals surface area contributed by atoms with Crippen molar-refractivity contribution in [2.24, 2.45) is 0 Å². The van der Waals surface area contributed by atoms with Crippen LogP contribution < -0.4 is 5.32 Å². The molecule has 20 heavy (non-hydrogen) atoms. The Morgan fingerprint density at radius 2 is 2.10 bits per heavy atom. The number of nitriles is 1. The molecule has 0 aliphatic heterocycles. The summed E-state index contributed by atoms with van der Waals surface area (Å²) in [7, 11) is 0. The maximum Gasteiger partial charge on any atom is 0.417 e. The molecule has 0 amide bonds. The molecule has 2 N–H and O–H groups in total. The van der Waals surface area contributed by atoms with Crippen LogP contribution in [0.2, 0.25) is 0 Å². The Kier molecular flexibility index (Phi) is 3.66. The average Bonchev–Trinajstić information content (AvgIpc) is 2.91. The monoisotopic (exact) mass is 280 g/mol. The summed E-state index contributed by atoms with van der Waals surface area (Å²) < 4.78 is 38.5. The van der Waals surface area contributed by atoms with Gasteiger partial charge in [0.15, 0.2) is 0 Å². The Morgan fingerprint density at radius 1 is 1.35 bits per heavy atom. The van der Waals surface area contributed by atoms with Crippen molar-refractivity contribution in [1.82, 2.24) is 10.2 Å².